The second-order valence-corrected chi connectivity index (χ2v) is 5.70. The first-order valence-corrected chi connectivity index (χ1v) is 7.50. The van der Waals surface area contributed by atoms with Gasteiger partial charge in [0.05, 0.1) is 17.2 Å². The summed E-state index contributed by atoms with van der Waals surface area (Å²) in [5, 5.41) is 12.1. The van der Waals surface area contributed by atoms with Gasteiger partial charge in [0.25, 0.3) is 0 Å². The fraction of sp³-hybridized carbons (Fsp3) is 0.562. The molecule has 0 amide bonds. The summed E-state index contributed by atoms with van der Waals surface area (Å²) in [7, 11) is 0. The van der Waals surface area contributed by atoms with E-state index in [0.29, 0.717) is 18.2 Å². The van der Waals surface area contributed by atoms with E-state index in [4.69, 9.17) is 11.0 Å². The van der Waals surface area contributed by atoms with Crippen LogP contribution in [-0.4, -0.2) is 19.1 Å². The van der Waals surface area contributed by atoms with Crippen molar-refractivity contribution in [2.75, 3.05) is 13.1 Å². The molecule has 1 saturated carbocycles. The van der Waals surface area contributed by atoms with Crippen LogP contribution in [0.3, 0.4) is 0 Å². The number of nitriles is 1. The molecule has 0 saturated heterocycles. The molecule has 1 aliphatic carbocycles. The molecule has 7 heteroatoms. The molecule has 0 bridgehead atoms. The predicted molar refractivity (Wildman–Crippen MR) is 85.5 cm³/mol. The summed E-state index contributed by atoms with van der Waals surface area (Å²) in [6.45, 7) is 1.30. The van der Waals surface area contributed by atoms with Crippen molar-refractivity contribution in [1.29, 1.82) is 5.26 Å². The monoisotopic (exact) mass is 347 g/mol. The highest BCUT2D eigenvalue weighted by Crippen LogP contribution is 2.41. The molecule has 0 atom stereocenters. The van der Waals surface area contributed by atoms with Crippen molar-refractivity contribution in [3.8, 4) is 6.07 Å². The Morgan fingerprint density at radius 2 is 1.87 bits per heavy atom. The van der Waals surface area contributed by atoms with E-state index in [-0.39, 0.29) is 23.9 Å². The third kappa shape index (κ3) is 5.10. The number of alkyl halides is 3. The summed E-state index contributed by atoms with van der Waals surface area (Å²) in [5.74, 6) is -0.0969. The smallest absolute Gasteiger partial charge is 0.329 e. The number of hydrogen-bond donors (Lipinski definition) is 2. The molecule has 3 N–H and O–H groups in total. The van der Waals surface area contributed by atoms with Gasteiger partial charge in [-0.05, 0) is 49.3 Å². The maximum absolute atomic E-state index is 13.2. The Hall–Kier alpha value is -1.29. The third-order valence-electron chi connectivity index (χ3n) is 4.23. The van der Waals surface area contributed by atoms with Gasteiger partial charge in [-0.1, -0.05) is 6.07 Å². The zero-order chi connectivity index (χ0) is 16.2. The number of benzene rings is 1. The van der Waals surface area contributed by atoms with E-state index in [0.717, 1.165) is 38.3 Å². The van der Waals surface area contributed by atoms with Crippen molar-refractivity contribution in [3.63, 3.8) is 0 Å². The summed E-state index contributed by atoms with van der Waals surface area (Å²) in [6.07, 6.45) is -1.28. The average Bonchev–Trinajstić information content (AvgIpc) is 2.52. The van der Waals surface area contributed by atoms with Gasteiger partial charge in [0.2, 0.25) is 0 Å². The van der Waals surface area contributed by atoms with Gasteiger partial charge in [-0.15, -0.1) is 12.4 Å². The molecule has 23 heavy (non-hydrogen) atoms. The lowest BCUT2D eigenvalue weighted by atomic mass is 9.79. The fourth-order valence-corrected chi connectivity index (χ4v) is 3.12. The number of rotatable bonds is 4. The highest BCUT2D eigenvalue weighted by molar-refractivity contribution is 5.85. The van der Waals surface area contributed by atoms with Gasteiger partial charge < -0.3 is 11.1 Å². The fourth-order valence-electron chi connectivity index (χ4n) is 3.12. The summed E-state index contributed by atoms with van der Waals surface area (Å²) in [4.78, 5) is 0. The Kier molecular flexibility index (Phi) is 7.33. The first-order chi connectivity index (χ1) is 10.5. The average molecular weight is 348 g/mol. The minimum Gasteiger partial charge on any atom is -0.329 e. The van der Waals surface area contributed by atoms with E-state index < -0.39 is 11.7 Å². The van der Waals surface area contributed by atoms with Gasteiger partial charge >= 0.3 is 6.18 Å². The summed E-state index contributed by atoms with van der Waals surface area (Å²) in [6, 6.07) is 6.03. The van der Waals surface area contributed by atoms with E-state index in [9.17, 15) is 13.2 Å². The molecule has 1 fully saturated rings. The highest BCUT2D eigenvalue weighted by Gasteiger charge is 2.36. The minimum absolute atomic E-state index is 0. The van der Waals surface area contributed by atoms with Crippen LogP contribution in [0, 0.1) is 11.3 Å². The number of nitrogens with one attached hydrogen (secondary N) is 1. The second kappa shape index (κ2) is 8.53. The summed E-state index contributed by atoms with van der Waals surface area (Å²) in [5.41, 5.74) is 5.16. The number of hydrogen-bond acceptors (Lipinski definition) is 3. The van der Waals surface area contributed by atoms with Gasteiger partial charge in [0.15, 0.2) is 0 Å². The van der Waals surface area contributed by atoms with Crippen LogP contribution in [0.25, 0.3) is 0 Å². The summed E-state index contributed by atoms with van der Waals surface area (Å²) < 4.78 is 39.7. The quantitative estimate of drug-likeness (QED) is 0.875. The summed E-state index contributed by atoms with van der Waals surface area (Å²) >= 11 is 0. The molecule has 128 valence electrons. The van der Waals surface area contributed by atoms with Crippen molar-refractivity contribution in [2.24, 2.45) is 5.73 Å². The van der Waals surface area contributed by atoms with E-state index >= 15 is 0 Å². The lowest BCUT2D eigenvalue weighted by molar-refractivity contribution is -0.138. The molecule has 2 rings (SSSR count). The standard InChI is InChI=1S/C16H20F3N3.ClH/c17-16(18,19)15-9-11(10-21)1-6-14(15)12-2-4-13(5-3-12)22-8-7-20;/h1,6,9,12-13,22H,2-5,7-8,20H2;1H. The molecule has 1 aromatic rings. The predicted octanol–water partition coefficient (Wildman–Crippen LogP) is 3.57. The van der Waals surface area contributed by atoms with E-state index in [1.165, 1.54) is 12.1 Å². The Balaban J connectivity index is 0.00000264. The largest absolute Gasteiger partial charge is 0.416 e. The molecule has 1 aromatic carbocycles. The van der Waals surface area contributed by atoms with Crippen molar-refractivity contribution in [2.45, 2.75) is 43.8 Å². The van der Waals surface area contributed by atoms with Crippen LogP contribution in [0.4, 0.5) is 13.2 Å². The molecule has 0 spiro atoms. The highest BCUT2D eigenvalue weighted by atomic mass is 35.5. The van der Waals surface area contributed by atoms with Crippen LogP contribution in [0.1, 0.15) is 48.3 Å². The SMILES string of the molecule is Cl.N#Cc1ccc(C2CCC(NCCN)CC2)c(C(F)(F)F)c1. The maximum Gasteiger partial charge on any atom is 0.416 e. The Morgan fingerprint density at radius 3 is 2.39 bits per heavy atom. The van der Waals surface area contributed by atoms with Gasteiger partial charge in [0.1, 0.15) is 0 Å². The normalized spacial score (nSPS) is 21.3. The maximum atomic E-state index is 13.2. The lowest BCUT2D eigenvalue weighted by Gasteiger charge is -2.31. The van der Waals surface area contributed by atoms with Crippen LogP contribution in [0.2, 0.25) is 0 Å². The van der Waals surface area contributed by atoms with Crippen molar-refractivity contribution in [1.82, 2.24) is 5.32 Å². The van der Waals surface area contributed by atoms with Crippen LogP contribution in [0.5, 0.6) is 0 Å². The Labute approximate surface area is 140 Å². The molecule has 3 nitrogen and oxygen atoms in total. The molecule has 1 aliphatic rings. The molecular formula is C16H21ClF3N3. The Morgan fingerprint density at radius 1 is 1.22 bits per heavy atom. The molecule has 0 heterocycles. The topological polar surface area (TPSA) is 61.8 Å². The third-order valence-corrected chi connectivity index (χ3v) is 4.23. The number of halogens is 4. The van der Waals surface area contributed by atoms with E-state index in [1.807, 2.05) is 0 Å². The van der Waals surface area contributed by atoms with Crippen molar-refractivity contribution < 1.29 is 13.2 Å². The number of nitrogens with two attached hydrogens (primary N) is 1. The second-order valence-electron chi connectivity index (χ2n) is 5.70. The van der Waals surface area contributed by atoms with Gasteiger partial charge in [-0.2, -0.15) is 18.4 Å². The number of nitrogens with zero attached hydrogens (tertiary/aromatic N) is 1. The molecule has 0 radical (unpaired) electrons. The zero-order valence-corrected chi connectivity index (χ0v) is 13.5. The first kappa shape index (κ1) is 19.8. The molecule has 0 aliphatic heterocycles. The molecule has 0 aromatic heterocycles. The van der Waals surface area contributed by atoms with Gasteiger partial charge in [-0.3, -0.25) is 0 Å². The first-order valence-electron chi connectivity index (χ1n) is 7.50. The van der Waals surface area contributed by atoms with Gasteiger partial charge in [-0.25, -0.2) is 0 Å². The van der Waals surface area contributed by atoms with Crippen LogP contribution in [-0.2, 0) is 6.18 Å². The molecular weight excluding hydrogens is 327 g/mol. The van der Waals surface area contributed by atoms with Crippen molar-refractivity contribution >= 4 is 12.4 Å². The van der Waals surface area contributed by atoms with E-state index in [1.54, 1.807) is 6.07 Å². The van der Waals surface area contributed by atoms with Crippen LogP contribution >= 0.6 is 12.4 Å². The van der Waals surface area contributed by atoms with Crippen LogP contribution < -0.4 is 11.1 Å². The van der Waals surface area contributed by atoms with E-state index in [2.05, 4.69) is 5.32 Å². The van der Waals surface area contributed by atoms with Crippen LogP contribution in [0.15, 0.2) is 18.2 Å². The Bertz CT molecular complexity index is 546. The van der Waals surface area contributed by atoms with Crippen molar-refractivity contribution in [3.05, 3.63) is 34.9 Å². The molecule has 0 unspecified atom stereocenters. The minimum atomic E-state index is -4.42. The lowest BCUT2D eigenvalue weighted by Crippen LogP contribution is -2.36. The van der Waals surface area contributed by atoms with Gasteiger partial charge in [0, 0.05) is 19.1 Å². The zero-order valence-electron chi connectivity index (χ0n) is 12.7.